The first-order chi connectivity index (χ1) is 7.51. The average Bonchev–Trinajstić information content (AvgIpc) is 2.75. The molecule has 92 valence electrons. The van der Waals surface area contributed by atoms with Crippen molar-refractivity contribution in [2.45, 2.75) is 45.8 Å². The highest BCUT2D eigenvalue weighted by Crippen LogP contribution is 2.28. The molecular weight excluding hydrogens is 222 g/mol. The number of nitrogens with one attached hydrogen (secondary N) is 1. The summed E-state index contributed by atoms with van der Waals surface area (Å²) in [5.74, 6) is 0. The predicted molar refractivity (Wildman–Crippen MR) is 66.7 cm³/mol. The van der Waals surface area contributed by atoms with E-state index < -0.39 is 0 Å². The number of aromatic nitrogens is 2. The average molecular weight is 243 g/mol. The van der Waals surface area contributed by atoms with Gasteiger partial charge in [0.2, 0.25) is 0 Å². The van der Waals surface area contributed by atoms with Gasteiger partial charge in [-0.2, -0.15) is 0 Å². The van der Waals surface area contributed by atoms with Crippen molar-refractivity contribution < 1.29 is 4.74 Å². The molecule has 0 saturated carbocycles. The van der Waals surface area contributed by atoms with E-state index in [1.165, 1.54) is 0 Å². The third-order valence-electron chi connectivity index (χ3n) is 2.54. The Balaban J connectivity index is 2.71. The Labute approximate surface area is 101 Å². The van der Waals surface area contributed by atoms with E-state index in [1.54, 1.807) is 18.4 Å². The zero-order valence-electron chi connectivity index (χ0n) is 10.7. The van der Waals surface area contributed by atoms with Crippen molar-refractivity contribution in [2.24, 2.45) is 0 Å². The molecule has 5 heteroatoms. The van der Waals surface area contributed by atoms with Gasteiger partial charge >= 0.3 is 0 Å². The minimum atomic E-state index is -0.347. The number of ether oxygens (including phenoxy) is 1. The normalized spacial score (nSPS) is 14.1. The molecule has 0 radical (unpaired) electrons. The summed E-state index contributed by atoms with van der Waals surface area (Å²) in [5.41, 5.74) is -0.347. The van der Waals surface area contributed by atoms with Crippen LogP contribution < -0.4 is 5.32 Å². The summed E-state index contributed by atoms with van der Waals surface area (Å²) in [5, 5.41) is 13.7. The second-order valence-electron chi connectivity index (χ2n) is 4.34. The van der Waals surface area contributed by atoms with Gasteiger partial charge in [0.1, 0.15) is 15.6 Å². The van der Waals surface area contributed by atoms with E-state index in [4.69, 9.17) is 4.74 Å². The maximum absolute atomic E-state index is 5.39. The molecule has 0 amide bonds. The lowest BCUT2D eigenvalue weighted by atomic mass is 10.1. The van der Waals surface area contributed by atoms with Gasteiger partial charge in [-0.25, -0.2) is 0 Å². The van der Waals surface area contributed by atoms with Gasteiger partial charge in [-0.1, -0.05) is 18.3 Å². The second kappa shape index (κ2) is 5.70. The Morgan fingerprint density at radius 3 is 2.69 bits per heavy atom. The van der Waals surface area contributed by atoms with E-state index in [-0.39, 0.29) is 11.6 Å². The van der Waals surface area contributed by atoms with Gasteiger partial charge in [0.15, 0.2) is 0 Å². The maximum Gasteiger partial charge on any atom is 0.148 e. The molecule has 0 spiro atoms. The Kier molecular flexibility index (Phi) is 4.83. The third kappa shape index (κ3) is 3.23. The molecule has 0 saturated heterocycles. The minimum Gasteiger partial charge on any atom is -0.372 e. The molecule has 0 aliphatic heterocycles. The Hall–Kier alpha value is -0.520. The van der Waals surface area contributed by atoms with Crippen LogP contribution in [0.4, 0.5) is 0 Å². The van der Waals surface area contributed by atoms with Crippen molar-refractivity contribution in [2.75, 3.05) is 13.7 Å². The SMILES string of the molecule is CCCNC(C)c1nnc(C(C)(C)OC)s1. The lowest BCUT2D eigenvalue weighted by Crippen LogP contribution is -2.19. The summed E-state index contributed by atoms with van der Waals surface area (Å²) in [6.07, 6.45) is 1.12. The molecule has 0 bridgehead atoms. The van der Waals surface area contributed by atoms with Crippen LogP contribution in [0.2, 0.25) is 0 Å². The molecule has 1 N–H and O–H groups in total. The van der Waals surface area contributed by atoms with Crippen molar-refractivity contribution in [3.63, 3.8) is 0 Å². The third-order valence-corrected chi connectivity index (χ3v) is 3.95. The zero-order valence-corrected chi connectivity index (χ0v) is 11.5. The van der Waals surface area contributed by atoms with Gasteiger partial charge < -0.3 is 10.1 Å². The molecule has 4 nitrogen and oxygen atoms in total. The summed E-state index contributed by atoms with van der Waals surface area (Å²) >= 11 is 1.61. The first-order valence-electron chi connectivity index (χ1n) is 5.63. The van der Waals surface area contributed by atoms with Crippen LogP contribution >= 0.6 is 11.3 Å². The topological polar surface area (TPSA) is 47.0 Å². The first kappa shape index (κ1) is 13.5. The van der Waals surface area contributed by atoms with E-state index in [2.05, 4.69) is 29.4 Å². The van der Waals surface area contributed by atoms with Gasteiger partial charge in [-0.3, -0.25) is 0 Å². The van der Waals surface area contributed by atoms with Crippen LogP contribution in [0.3, 0.4) is 0 Å². The molecule has 0 aliphatic carbocycles. The fourth-order valence-corrected chi connectivity index (χ4v) is 2.14. The molecule has 1 atom stereocenters. The lowest BCUT2D eigenvalue weighted by Gasteiger charge is -2.18. The van der Waals surface area contributed by atoms with E-state index >= 15 is 0 Å². The van der Waals surface area contributed by atoms with Gasteiger partial charge in [0.25, 0.3) is 0 Å². The summed E-state index contributed by atoms with van der Waals surface area (Å²) in [6, 6.07) is 0.263. The largest absolute Gasteiger partial charge is 0.372 e. The van der Waals surface area contributed by atoms with E-state index in [0.717, 1.165) is 23.0 Å². The number of nitrogens with zero attached hydrogens (tertiary/aromatic N) is 2. The quantitative estimate of drug-likeness (QED) is 0.834. The number of hydrogen-bond acceptors (Lipinski definition) is 5. The van der Waals surface area contributed by atoms with Gasteiger partial charge in [0.05, 0.1) is 6.04 Å². The van der Waals surface area contributed by atoms with Gasteiger partial charge in [0, 0.05) is 7.11 Å². The standard InChI is InChI=1S/C11H21N3OS/c1-6-7-12-8(2)9-13-14-10(16-9)11(3,4)15-5/h8,12H,6-7H2,1-5H3. The molecule has 1 unspecified atom stereocenters. The summed E-state index contributed by atoms with van der Waals surface area (Å²) in [4.78, 5) is 0. The summed E-state index contributed by atoms with van der Waals surface area (Å²) < 4.78 is 5.39. The van der Waals surface area contributed by atoms with Crippen LogP contribution in [0.5, 0.6) is 0 Å². The predicted octanol–water partition coefficient (Wildman–Crippen LogP) is 2.48. The van der Waals surface area contributed by atoms with Gasteiger partial charge in [-0.15, -0.1) is 10.2 Å². The molecule has 1 aromatic heterocycles. The minimum absolute atomic E-state index is 0.263. The molecule has 1 heterocycles. The molecule has 1 rings (SSSR count). The molecule has 16 heavy (non-hydrogen) atoms. The second-order valence-corrected chi connectivity index (χ2v) is 5.34. The lowest BCUT2D eigenvalue weighted by molar-refractivity contribution is 0.0185. The van der Waals surface area contributed by atoms with Crippen molar-refractivity contribution in [1.82, 2.24) is 15.5 Å². The van der Waals surface area contributed by atoms with E-state index in [0.29, 0.717) is 0 Å². The first-order valence-corrected chi connectivity index (χ1v) is 6.45. The van der Waals surface area contributed by atoms with Crippen molar-refractivity contribution >= 4 is 11.3 Å². The Bertz CT molecular complexity index is 325. The Morgan fingerprint density at radius 1 is 1.44 bits per heavy atom. The smallest absolute Gasteiger partial charge is 0.148 e. The van der Waals surface area contributed by atoms with Crippen LogP contribution in [0.25, 0.3) is 0 Å². The van der Waals surface area contributed by atoms with Crippen LogP contribution in [0.15, 0.2) is 0 Å². The fourth-order valence-electron chi connectivity index (χ4n) is 1.19. The molecular formula is C11H21N3OS. The number of methoxy groups -OCH3 is 1. The highest BCUT2D eigenvalue weighted by molar-refractivity contribution is 7.11. The van der Waals surface area contributed by atoms with E-state index in [1.807, 2.05) is 13.8 Å². The van der Waals surface area contributed by atoms with Crippen LogP contribution in [-0.2, 0) is 10.3 Å². The number of rotatable bonds is 6. The summed E-state index contributed by atoms with van der Waals surface area (Å²) in [6.45, 7) is 9.27. The highest BCUT2D eigenvalue weighted by atomic mass is 32.1. The van der Waals surface area contributed by atoms with Crippen LogP contribution in [-0.4, -0.2) is 23.9 Å². The molecule has 1 aromatic rings. The van der Waals surface area contributed by atoms with Crippen molar-refractivity contribution in [3.05, 3.63) is 10.0 Å². The summed E-state index contributed by atoms with van der Waals surface area (Å²) in [7, 11) is 1.69. The van der Waals surface area contributed by atoms with Crippen LogP contribution in [0, 0.1) is 0 Å². The Morgan fingerprint density at radius 2 is 2.12 bits per heavy atom. The monoisotopic (exact) mass is 243 g/mol. The van der Waals surface area contributed by atoms with Gasteiger partial charge in [-0.05, 0) is 33.7 Å². The molecule has 0 fully saturated rings. The van der Waals surface area contributed by atoms with Crippen molar-refractivity contribution in [3.8, 4) is 0 Å². The van der Waals surface area contributed by atoms with Crippen LogP contribution in [0.1, 0.15) is 50.2 Å². The molecule has 0 aromatic carbocycles. The highest BCUT2D eigenvalue weighted by Gasteiger charge is 2.25. The molecule has 0 aliphatic rings. The van der Waals surface area contributed by atoms with Crippen molar-refractivity contribution in [1.29, 1.82) is 0 Å². The maximum atomic E-state index is 5.39. The fraction of sp³-hybridized carbons (Fsp3) is 0.818. The number of hydrogen-bond donors (Lipinski definition) is 1. The van der Waals surface area contributed by atoms with E-state index in [9.17, 15) is 0 Å². The zero-order chi connectivity index (χ0) is 12.2.